The zero-order valence-electron chi connectivity index (χ0n) is 12.1. The number of aldehydes is 1. The number of rotatable bonds is 6. The largest absolute Gasteiger partial charge is 0.415 e. The van der Waals surface area contributed by atoms with Crippen LogP contribution < -0.4 is 5.19 Å². The topological polar surface area (TPSA) is 26.3 Å². The predicted molar refractivity (Wildman–Crippen MR) is 79.1 cm³/mol. The molecule has 0 aromatic heterocycles. The maximum Gasteiger partial charge on any atom is 0.214 e. The second kappa shape index (κ2) is 6.30. The summed E-state index contributed by atoms with van der Waals surface area (Å²) in [5.74, 6) is 0.528. The van der Waals surface area contributed by atoms with Gasteiger partial charge in [0.2, 0.25) is 9.04 Å². The van der Waals surface area contributed by atoms with E-state index in [0.717, 1.165) is 17.0 Å². The van der Waals surface area contributed by atoms with Gasteiger partial charge in [-0.15, -0.1) is 0 Å². The molecule has 0 amide bonds. The van der Waals surface area contributed by atoms with Crippen LogP contribution in [0.5, 0.6) is 0 Å². The van der Waals surface area contributed by atoms with E-state index >= 15 is 0 Å². The molecule has 2 nitrogen and oxygen atoms in total. The Bertz CT molecular complexity index is 399. The molecule has 0 N–H and O–H groups in total. The Balaban J connectivity index is 3.23. The first kappa shape index (κ1) is 15.1. The lowest BCUT2D eigenvalue weighted by atomic mass is 9.99. The molecule has 1 unspecified atom stereocenters. The van der Waals surface area contributed by atoms with Crippen molar-refractivity contribution in [1.29, 1.82) is 0 Å². The summed E-state index contributed by atoms with van der Waals surface area (Å²) in [5.41, 5.74) is 0.788. The van der Waals surface area contributed by atoms with Gasteiger partial charge in [0.25, 0.3) is 0 Å². The van der Waals surface area contributed by atoms with Gasteiger partial charge in [0, 0.05) is 12.2 Å². The van der Waals surface area contributed by atoms with Gasteiger partial charge in [-0.05, 0) is 23.1 Å². The average Bonchev–Trinajstić information content (AvgIpc) is 2.35. The molecule has 1 atom stereocenters. The molecular formula is C15H24O2Si. The Morgan fingerprint density at radius 1 is 1.33 bits per heavy atom. The van der Waals surface area contributed by atoms with Crippen LogP contribution in [-0.4, -0.2) is 21.9 Å². The van der Waals surface area contributed by atoms with E-state index in [1.165, 1.54) is 0 Å². The number of hydrogen-bond acceptors (Lipinski definition) is 2. The van der Waals surface area contributed by atoms with Crippen LogP contribution in [0.25, 0.3) is 0 Å². The van der Waals surface area contributed by atoms with Gasteiger partial charge in [0.15, 0.2) is 0 Å². The van der Waals surface area contributed by atoms with Gasteiger partial charge in [-0.1, -0.05) is 52.0 Å². The molecule has 0 radical (unpaired) electrons. The zero-order chi connectivity index (χ0) is 13.8. The molecule has 0 aliphatic heterocycles. The van der Waals surface area contributed by atoms with E-state index in [0.29, 0.717) is 12.5 Å². The number of benzene rings is 1. The van der Waals surface area contributed by atoms with Crippen molar-refractivity contribution in [3.63, 3.8) is 0 Å². The fourth-order valence-electron chi connectivity index (χ4n) is 2.03. The molecule has 18 heavy (non-hydrogen) atoms. The fourth-order valence-corrected chi connectivity index (χ4v) is 5.13. The Morgan fingerprint density at radius 3 is 2.44 bits per heavy atom. The average molecular weight is 264 g/mol. The van der Waals surface area contributed by atoms with Crippen molar-refractivity contribution < 1.29 is 9.22 Å². The molecule has 1 aromatic rings. The maximum atomic E-state index is 11.2. The first-order chi connectivity index (χ1) is 8.45. The van der Waals surface area contributed by atoms with E-state index in [-0.39, 0.29) is 5.04 Å². The number of carbonyl (C=O) groups excluding carboxylic acids is 1. The second-order valence-electron chi connectivity index (χ2n) is 5.56. The summed E-state index contributed by atoms with van der Waals surface area (Å²) in [4.78, 5) is 11.2. The summed E-state index contributed by atoms with van der Waals surface area (Å²) in [6.45, 7) is 11.7. The van der Waals surface area contributed by atoms with Crippen molar-refractivity contribution in [3.05, 3.63) is 29.8 Å². The summed E-state index contributed by atoms with van der Waals surface area (Å²) in [7, 11) is -1.65. The molecule has 0 spiro atoms. The molecule has 0 fully saturated rings. The standard InChI is InChI=1S/C15H24O2Si/c1-6-17-18(15(4,5)12(2)3)14-10-8-7-9-13(14)11-16/h7-12,18H,6H2,1-5H3. The highest BCUT2D eigenvalue weighted by molar-refractivity contribution is 6.71. The van der Waals surface area contributed by atoms with Crippen LogP contribution in [0.1, 0.15) is 45.0 Å². The van der Waals surface area contributed by atoms with Crippen molar-refractivity contribution >= 4 is 20.5 Å². The van der Waals surface area contributed by atoms with Gasteiger partial charge < -0.3 is 4.43 Å². The number of carbonyl (C=O) groups is 1. The molecule has 0 saturated carbocycles. The van der Waals surface area contributed by atoms with Gasteiger partial charge in [0.05, 0.1) is 0 Å². The van der Waals surface area contributed by atoms with E-state index in [1.807, 2.05) is 25.1 Å². The lowest BCUT2D eigenvalue weighted by Crippen LogP contribution is -2.46. The Labute approximate surface area is 112 Å². The molecule has 0 heterocycles. The summed E-state index contributed by atoms with van der Waals surface area (Å²) < 4.78 is 6.08. The first-order valence-electron chi connectivity index (χ1n) is 6.60. The van der Waals surface area contributed by atoms with Crippen molar-refractivity contribution in [1.82, 2.24) is 0 Å². The van der Waals surface area contributed by atoms with Gasteiger partial charge in [-0.3, -0.25) is 4.79 Å². The Kier molecular flexibility index (Phi) is 5.29. The van der Waals surface area contributed by atoms with Crippen LogP contribution >= 0.6 is 0 Å². The van der Waals surface area contributed by atoms with Crippen molar-refractivity contribution in [2.75, 3.05) is 6.61 Å². The smallest absolute Gasteiger partial charge is 0.214 e. The highest BCUT2D eigenvalue weighted by Crippen LogP contribution is 2.37. The third kappa shape index (κ3) is 3.09. The van der Waals surface area contributed by atoms with Crippen LogP contribution in [0, 0.1) is 5.92 Å². The third-order valence-corrected chi connectivity index (χ3v) is 7.68. The molecule has 0 aliphatic rings. The van der Waals surface area contributed by atoms with Gasteiger partial charge in [-0.2, -0.15) is 0 Å². The highest BCUT2D eigenvalue weighted by atomic mass is 28.3. The molecule has 3 heteroatoms. The molecular weight excluding hydrogens is 240 g/mol. The SMILES string of the molecule is CCO[SiH](c1ccccc1C=O)C(C)(C)C(C)C. The molecule has 1 rings (SSSR count). The van der Waals surface area contributed by atoms with Crippen LogP contribution in [-0.2, 0) is 4.43 Å². The first-order valence-corrected chi connectivity index (χ1v) is 8.23. The summed E-state index contributed by atoms with van der Waals surface area (Å²) >= 11 is 0. The van der Waals surface area contributed by atoms with E-state index in [9.17, 15) is 4.79 Å². The molecule has 0 aliphatic carbocycles. The van der Waals surface area contributed by atoms with Crippen LogP contribution in [0.15, 0.2) is 24.3 Å². The molecule has 0 bridgehead atoms. The lowest BCUT2D eigenvalue weighted by Gasteiger charge is -2.37. The molecule has 1 aromatic carbocycles. The van der Waals surface area contributed by atoms with E-state index in [4.69, 9.17) is 4.43 Å². The van der Waals surface area contributed by atoms with Crippen LogP contribution in [0.3, 0.4) is 0 Å². The number of hydrogen-bond donors (Lipinski definition) is 0. The monoisotopic (exact) mass is 264 g/mol. The normalized spacial score (nSPS) is 13.7. The minimum Gasteiger partial charge on any atom is -0.415 e. The second-order valence-corrected chi connectivity index (χ2v) is 8.76. The third-order valence-electron chi connectivity index (χ3n) is 3.90. The molecule has 0 saturated heterocycles. The summed E-state index contributed by atoms with van der Waals surface area (Å²) in [6, 6.07) is 7.85. The molecule has 100 valence electrons. The van der Waals surface area contributed by atoms with Gasteiger partial charge in [-0.25, -0.2) is 0 Å². The fraction of sp³-hybridized carbons (Fsp3) is 0.533. The van der Waals surface area contributed by atoms with Crippen LogP contribution in [0.2, 0.25) is 5.04 Å². The van der Waals surface area contributed by atoms with Gasteiger partial charge >= 0.3 is 0 Å². The van der Waals surface area contributed by atoms with Crippen LogP contribution in [0.4, 0.5) is 0 Å². The van der Waals surface area contributed by atoms with E-state index in [2.05, 4.69) is 33.8 Å². The predicted octanol–water partition coefficient (Wildman–Crippen LogP) is 2.90. The zero-order valence-corrected chi connectivity index (χ0v) is 13.2. The van der Waals surface area contributed by atoms with Crippen molar-refractivity contribution in [3.8, 4) is 0 Å². The summed E-state index contributed by atoms with van der Waals surface area (Å²) in [6.07, 6.45) is 0.949. The summed E-state index contributed by atoms with van der Waals surface area (Å²) in [5, 5.41) is 1.25. The minimum absolute atomic E-state index is 0.120. The van der Waals surface area contributed by atoms with Crippen molar-refractivity contribution in [2.24, 2.45) is 5.92 Å². The maximum absolute atomic E-state index is 11.2. The van der Waals surface area contributed by atoms with E-state index in [1.54, 1.807) is 0 Å². The minimum atomic E-state index is -1.65. The van der Waals surface area contributed by atoms with E-state index < -0.39 is 9.04 Å². The highest BCUT2D eigenvalue weighted by Gasteiger charge is 2.37. The quantitative estimate of drug-likeness (QED) is 0.583. The lowest BCUT2D eigenvalue weighted by molar-refractivity contribution is 0.112. The van der Waals surface area contributed by atoms with Gasteiger partial charge in [0.1, 0.15) is 6.29 Å². The Morgan fingerprint density at radius 2 is 1.94 bits per heavy atom. The van der Waals surface area contributed by atoms with Crippen molar-refractivity contribution in [2.45, 2.75) is 39.7 Å². The Hall–Kier alpha value is -0.933.